The predicted octanol–water partition coefficient (Wildman–Crippen LogP) is 1.66. The van der Waals surface area contributed by atoms with Crippen LogP contribution in [0.2, 0.25) is 0 Å². The molecule has 0 unspecified atom stereocenters. The lowest BCUT2D eigenvalue weighted by Gasteiger charge is -2.17. The van der Waals surface area contributed by atoms with Crippen LogP contribution >= 0.6 is 0 Å². The van der Waals surface area contributed by atoms with E-state index in [2.05, 4.69) is 20.4 Å². The quantitative estimate of drug-likeness (QED) is 0.812. The molecular weight excluding hydrogens is 334 g/mol. The SMILES string of the molecule is Cc1cc(C)nc(-n2nc(C)c(CC(=O)N[C@H](C(=O)O)C(C)C)c2C)n1. The molecule has 0 bridgehead atoms. The molecule has 0 aliphatic rings. The molecule has 1 atom stereocenters. The summed E-state index contributed by atoms with van der Waals surface area (Å²) in [5.74, 6) is -1.13. The molecule has 0 aliphatic heterocycles. The maximum absolute atomic E-state index is 12.3. The lowest BCUT2D eigenvalue weighted by atomic mass is 10.0. The maximum atomic E-state index is 12.3. The Bertz CT molecular complexity index is 821. The van der Waals surface area contributed by atoms with E-state index in [-0.39, 0.29) is 18.2 Å². The second kappa shape index (κ2) is 7.63. The van der Waals surface area contributed by atoms with Crippen LogP contribution < -0.4 is 5.32 Å². The molecular formula is C18H25N5O3. The van der Waals surface area contributed by atoms with Gasteiger partial charge in [-0.25, -0.2) is 19.4 Å². The van der Waals surface area contributed by atoms with Gasteiger partial charge in [0.1, 0.15) is 6.04 Å². The zero-order chi connectivity index (χ0) is 19.6. The van der Waals surface area contributed by atoms with Gasteiger partial charge in [0.05, 0.1) is 12.1 Å². The van der Waals surface area contributed by atoms with Crippen LogP contribution in [-0.2, 0) is 16.0 Å². The Hall–Kier alpha value is -2.77. The zero-order valence-electron chi connectivity index (χ0n) is 16.0. The van der Waals surface area contributed by atoms with Crippen molar-refractivity contribution in [2.45, 2.75) is 54.0 Å². The van der Waals surface area contributed by atoms with Crippen LogP contribution in [-0.4, -0.2) is 42.8 Å². The van der Waals surface area contributed by atoms with Gasteiger partial charge in [-0.15, -0.1) is 0 Å². The lowest BCUT2D eigenvalue weighted by molar-refractivity contribution is -0.143. The second-order valence-electron chi connectivity index (χ2n) is 6.82. The van der Waals surface area contributed by atoms with E-state index in [9.17, 15) is 14.7 Å². The average Bonchev–Trinajstić information content (AvgIpc) is 2.79. The highest BCUT2D eigenvalue weighted by atomic mass is 16.4. The normalized spacial score (nSPS) is 12.3. The number of rotatable bonds is 6. The fraction of sp³-hybridized carbons (Fsp3) is 0.500. The van der Waals surface area contributed by atoms with Gasteiger partial charge in [0.15, 0.2) is 0 Å². The van der Waals surface area contributed by atoms with Crippen molar-refractivity contribution in [2.24, 2.45) is 5.92 Å². The third kappa shape index (κ3) is 4.25. The van der Waals surface area contributed by atoms with Crippen LogP contribution in [0.25, 0.3) is 5.95 Å². The molecule has 2 N–H and O–H groups in total. The van der Waals surface area contributed by atoms with Gasteiger partial charge in [-0.3, -0.25) is 4.79 Å². The Balaban J connectivity index is 2.27. The first-order valence-corrected chi connectivity index (χ1v) is 8.50. The summed E-state index contributed by atoms with van der Waals surface area (Å²) in [6.45, 7) is 10.9. The summed E-state index contributed by atoms with van der Waals surface area (Å²) in [5.41, 5.74) is 3.87. The van der Waals surface area contributed by atoms with Gasteiger partial charge in [0.2, 0.25) is 5.91 Å². The minimum atomic E-state index is -1.04. The number of carbonyl (C=O) groups excluding carboxylic acids is 1. The van der Waals surface area contributed by atoms with Crippen LogP contribution in [0.3, 0.4) is 0 Å². The fourth-order valence-corrected chi connectivity index (χ4v) is 2.83. The van der Waals surface area contributed by atoms with Gasteiger partial charge in [-0.05, 0) is 39.7 Å². The van der Waals surface area contributed by atoms with Crippen LogP contribution in [0.5, 0.6) is 0 Å². The molecule has 8 nitrogen and oxygen atoms in total. The molecule has 8 heteroatoms. The Kier molecular flexibility index (Phi) is 5.74. The summed E-state index contributed by atoms with van der Waals surface area (Å²) in [4.78, 5) is 32.4. The molecule has 0 aliphatic carbocycles. The minimum absolute atomic E-state index is 0.0545. The van der Waals surface area contributed by atoms with Gasteiger partial charge >= 0.3 is 5.97 Å². The van der Waals surface area contributed by atoms with E-state index in [1.165, 1.54) is 0 Å². The van der Waals surface area contributed by atoms with Crippen LogP contribution in [0, 0.1) is 33.6 Å². The topological polar surface area (TPSA) is 110 Å². The molecule has 0 saturated carbocycles. The standard InChI is InChI=1S/C18H25N5O3/c1-9(2)16(17(25)26)21-15(24)8-14-12(5)22-23(13(14)6)18-19-10(3)7-11(4)20-18/h7,9,16H,8H2,1-6H3,(H,21,24)(H,25,26)/t16-/m0/s1. The molecule has 2 heterocycles. The molecule has 0 saturated heterocycles. The fourth-order valence-electron chi connectivity index (χ4n) is 2.83. The largest absolute Gasteiger partial charge is 0.480 e. The van der Waals surface area contributed by atoms with Crippen LogP contribution in [0.4, 0.5) is 0 Å². The van der Waals surface area contributed by atoms with Crippen molar-refractivity contribution in [3.63, 3.8) is 0 Å². The van der Waals surface area contributed by atoms with Crippen molar-refractivity contribution in [3.05, 3.63) is 34.4 Å². The minimum Gasteiger partial charge on any atom is -0.480 e. The van der Waals surface area contributed by atoms with E-state index >= 15 is 0 Å². The molecule has 2 aromatic rings. The lowest BCUT2D eigenvalue weighted by Crippen LogP contribution is -2.45. The first-order valence-electron chi connectivity index (χ1n) is 8.50. The summed E-state index contributed by atoms with van der Waals surface area (Å²) in [5, 5.41) is 16.3. The van der Waals surface area contributed by atoms with Crippen molar-refractivity contribution in [1.82, 2.24) is 25.1 Å². The summed E-state index contributed by atoms with van der Waals surface area (Å²) in [7, 11) is 0. The number of aryl methyl sites for hydroxylation is 3. The smallest absolute Gasteiger partial charge is 0.326 e. The van der Waals surface area contributed by atoms with E-state index < -0.39 is 12.0 Å². The van der Waals surface area contributed by atoms with E-state index in [1.807, 2.05) is 33.8 Å². The second-order valence-corrected chi connectivity index (χ2v) is 6.82. The highest BCUT2D eigenvalue weighted by Crippen LogP contribution is 2.17. The predicted molar refractivity (Wildman–Crippen MR) is 96.2 cm³/mol. The van der Waals surface area contributed by atoms with Crippen molar-refractivity contribution in [1.29, 1.82) is 0 Å². The third-order valence-corrected chi connectivity index (χ3v) is 4.19. The molecule has 2 rings (SSSR count). The molecule has 0 radical (unpaired) electrons. The molecule has 26 heavy (non-hydrogen) atoms. The monoisotopic (exact) mass is 359 g/mol. The number of carbonyl (C=O) groups is 2. The van der Waals surface area contributed by atoms with Crippen molar-refractivity contribution in [2.75, 3.05) is 0 Å². The summed E-state index contributed by atoms with van der Waals surface area (Å²) >= 11 is 0. The van der Waals surface area contributed by atoms with E-state index in [0.717, 1.165) is 22.6 Å². The molecule has 140 valence electrons. The summed E-state index contributed by atoms with van der Waals surface area (Å²) in [6, 6.07) is 0.961. The van der Waals surface area contributed by atoms with Gasteiger partial charge in [-0.2, -0.15) is 5.10 Å². The van der Waals surface area contributed by atoms with E-state index in [1.54, 1.807) is 18.5 Å². The number of aromatic nitrogens is 4. The average molecular weight is 359 g/mol. The Labute approximate surface area is 152 Å². The van der Waals surface area contributed by atoms with Gasteiger partial charge in [0, 0.05) is 22.6 Å². The Morgan fingerprint density at radius 1 is 1.15 bits per heavy atom. The summed E-state index contributed by atoms with van der Waals surface area (Å²) in [6.07, 6.45) is 0.0545. The zero-order valence-corrected chi connectivity index (χ0v) is 16.0. The maximum Gasteiger partial charge on any atom is 0.326 e. The number of nitrogens with one attached hydrogen (secondary N) is 1. The van der Waals surface area contributed by atoms with Crippen molar-refractivity contribution < 1.29 is 14.7 Å². The molecule has 0 aromatic carbocycles. The van der Waals surface area contributed by atoms with Gasteiger partial charge in [-0.1, -0.05) is 13.8 Å². The van der Waals surface area contributed by atoms with E-state index in [4.69, 9.17) is 0 Å². The first-order chi connectivity index (χ1) is 12.1. The number of carboxylic acid groups (broad SMARTS) is 1. The number of hydrogen-bond donors (Lipinski definition) is 2. The first kappa shape index (κ1) is 19.6. The van der Waals surface area contributed by atoms with Crippen LogP contribution in [0.1, 0.15) is 42.2 Å². The van der Waals surface area contributed by atoms with Crippen LogP contribution in [0.15, 0.2) is 6.07 Å². The number of aliphatic carboxylic acids is 1. The van der Waals surface area contributed by atoms with Crippen molar-refractivity contribution >= 4 is 11.9 Å². The number of carboxylic acids is 1. The molecule has 2 aromatic heterocycles. The number of hydrogen-bond acceptors (Lipinski definition) is 5. The Morgan fingerprint density at radius 3 is 2.23 bits per heavy atom. The number of amides is 1. The van der Waals surface area contributed by atoms with Gasteiger partial charge in [0.25, 0.3) is 5.95 Å². The molecule has 1 amide bonds. The highest BCUT2D eigenvalue weighted by Gasteiger charge is 2.25. The third-order valence-electron chi connectivity index (χ3n) is 4.19. The molecule has 0 fully saturated rings. The van der Waals surface area contributed by atoms with Gasteiger partial charge < -0.3 is 10.4 Å². The number of nitrogens with zero attached hydrogens (tertiary/aromatic N) is 4. The van der Waals surface area contributed by atoms with E-state index in [0.29, 0.717) is 11.6 Å². The Morgan fingerprint density at radius 2 is 1.73 bits per heavy atom. The molecule has 0 spiro atoms. The highest BCUT2D eigenvalue weighted by molar-refractivity contribution is 5.85. The van der Waals surface area contributed by atoms with Crippen molar-refractivity contribution in [3.8, 4) is 5.95 Å². The summed E-state index contributed by atoms with van der Waals surface area (Å²) < 4.78 is 1.62.